The largest absolute Gasteiger partial charge is 0.504 e. The van der Waals surface area contributed by atoms with Crippen LogP contribution in [0.2, 0.25) is 0 Å². The summed E-state index contributed by atoms with van der Waals surface area (Å²) in [5.41, 5.74) is 2.24. The normalized spacial score (nSPS) is 33.8. The molecule has 1 saturated heterocycles. The minimum Gasteiger partial charge on any atom is -0.504 e. The maximum atomic E-state index is 11.0. The molecule has 28 heavy (non-hydrogen) atoms. The third kappa shape index (κ3) is 2.78. The zero-order valence-corrected chi connectivity index (χ0v) is 17.9. The highest BCUT2D eigenvalue weighted by molar-refractivity contribution is 5.59. The molecule has 0 amide bonds. The molecular weight excluding hydrogens is 354 g/mol. The standard InChI is InChI=1S/C19H23NO4.2C2H6/c1-23-11-24-14-5-4-12-8-13-17-18(10-20(13)22)6-2-3-7-19(17,9-18)15(12)16(14)21;2*1-2/h2,4-6,13,17,21-22H,3,7-11H2,1H3;2*1-2H3/t13?,17?,18?,19-;;/m0../s1. The zero-order chi connectivity index (χ0) is 20.5. The molecule has 3 aliphatic carbocycles. The third-order valence-corrected chi connectivity index (χ3v) is 6.78. The molecule has 5 nitrogen and oxygen atoms in total. The Morgan fingerprint density at radius 1 is 1.21 bits per heavy atom. The zero-order valence-electron chi connectivity index (χ0n) is 17.9. The monoisotopic (exact) mass is 389 g/mol. The van der Waals surface area contributed by atoms with Crippen LogP contribution in [0.4, 0.5) is 0 Å². The molecule has 4 atom stereocenters. The summed E-state index contributed by atoms with van der Waals surface area (Å²) in [6.07, 6.45) is 8.44. The molecule has 1 heterocycles. The maximum absolute atomic E-state index is 11.0. The molecule has 2 fully saturated rings. The molecule has 3 unspecified atom stereocenters. The number of hydrogen-bond acceptors (Lipinski definition) is 5. The van der Waals surface area contributed by atoms with Gasteiger partial charge < -0.3 is 19.8 Å². The molecule has 0 spiro atoms. The van der Waals surface area contributed by atoms with Gasteiger partial charge in [-0.1, -0.05) is 45.9 Å². The highest BCUT2D eigenvalue weighted by Gasteiger charge is 2.72. The number of benzene rings is 1. The van der Waals surface area contributed by atoms with Gasteiger partial charge in [-0.15, -0.1) is 0 Å². The molecular formula is C23H35NO4. The Morgan fingerprint density at radius 3 is 2.68 bits per heavy atom. The molecule has 1 saturated carbocycles. The number of rotatable bonds is 3. The number of aromatic hydroxyl groups is 1. The summed E-state index contributed by atoms with van der Waals surface area (Å²) < 4.78 is 10.5. The molecule has 2 bridgehead atoms. The second-order valence-electron chi connectivity index (χ2n) is 7.85. The van der Waals surface area contributed by atoms with Crippen molar-refractivity contribution in [3.8, 4) is 11.5 Å². The fourth-order valence-electron chi connectivity index (χ4n) is 6.24. The van der Waals surface area contributed by atoms with Crippen molar-refractivity contribution in [3.05, 3.63) is 35.4 Å². The summed E-state index contributed by atoms with van der Waals surface area (Å²) in [7, 11) is 1.57. The van der Waals surface area contributed by atoms with Crippen molar-refractivity contribution in [3.63, 3.8) is 0 Å². The molecule has 2 N–H and O–H groups in total. The van der Waals surface area contributed by atoms with Crippen LogP contribution >= 0.6 is 0 Å². The molecule has 1 aromatic rings. The van der Waals surface area contributed by atoms with Gasteiger partial charge in [-0.2, -0.15) is 5.06 Å². The predicted octanol–water partition coefficient (Wildman–Crippen LogP) is 4.65. The van der Waals surface area contributed by atoms with Crippen molar-refractivity contribution in [2.75, 3.05) is 20.4 Å². The van der Waals surface area contributed by atoms with E-state index in [0.717, 1.165) is 36.8 Å². The highest BCUT2D eigenvalue weighted by Crippen LogP contribution is 2.73. The first kappa shape index (κ1) is 21.2. The van der Waals surface area contributed by atoms with E-state index in [0.29, 0.717) is 18.2 Å². The summed E-state index contributed by atoms with van der Waals surface area (Å²) in [5.74, 6) is 1.15. The van der Waals surface area contributed by atoms with E-state index in [2.05, 4.69) is 18.2 Å². The third-order valence-electron chi connectivity index (χ3n) is 6.78. The Hall–Kier alpha value is -1.56. The number of phenols is 1. The van der Waals surface area contributed by atoms with Gasteiger partial charge in [-0.25, -0.2) is 0 Å². The SMILES string of the molecule is CC.CC.COCOc1ccc2c(c1O)[C@@]13CCC=CC4(CN(O)C(C2)C41)C3. The second-order valence-corrected chi connectivity index (χ2v) is 7.85. The number of ether oxygens (including phenoxy) is 2. The van der Waals surface area contributed by atoms with Crippen molar-refractivity contribution in [1.29, 1.82) is 0 Å². The average Bonchev–Trinajstić information content (AvgIpc) is 2.84. The second kappa shape index (κ2) is 8.05. The van der Waals surface area contributed by atoms with E-state index in [1.807, 2.05) is 33.8 Å². The van der Waals surface area contributed by atoms with E-state index in [-0.39, 0.29) is 29.4 Å². The van der Waals surface area contributed by atoms with E-state index in [9.17, 15) is 10.3 Å². The Bertz CT molecular complexity index is 734. The summed E-state index contributed by atoms with van der Waals surface area (Å²) in [5, 5.41) is 23.0. The maximum Gasteiger partial charge on any atom is 0.188 e. The van der Waals surface area contributed by atoms with Crippen molar-refractivity contribution >= 4 is 0 Å². The minimum atomic E-state index is -0.0459. The summed E-state index contributed by atoms with van der Waals surface area (Å²) in [6, 6.07) is 4.02. The number of hydroxylamine groups is 2. The Labute approximate surface area is 168 Å². The van der Waals surface area contributed by atoms with E-state index in [1.165, 1.54) is 0 Å². The lowest BCUT2D eigenvalue weighted by molar-refractivity contribution is -0.114. The Kier molecular flexibility index (Phi) is 6.08. The van der Waals surface area contributed by atoms with Gasteiger partial charge in [0, 0.05) is 36.1 Å². The van der Waals surface area contributed by atoms with Gasteiger partial charge in [0.15, 0.2) is 18.3 Å². The summed E-state index contributed by atoms with van der Waals surface area (Å²) in [6.45, 7) is 8.84. The van der Waals surface area contributed by atoms with Crippen LogP contribution in [0, 0.1) is 11.3 Å². The van der Waals surface area contributed by atoms with E-state index < -0.39 is 0 Å². The van der Waals surface area contributed by atoms with E-state index in [4.69, 9.17) is 9.47 Å². The molecule has 5 heteroatoms. The molecule has 4 aliphatic rings. The van der Waals surface area contributed by atoms with Gasteiger partial charge >= 0.3 is 0 Å². The minimum absolute atomic E-state index is 0.0459. The van der Waals surface area contributed by atoms with Crippen LogP contribution in [0.1, 0.15) is 58.1 Å². The first-order valence-electron chi connectivity index (χ1n) is 10.7. The molecule has 0 aromatic heterocycles. The van der Waals surface area contributed by atoms with Crippen LogP contribution in [-0.2, 0) is 16.6 Å². The topological polar surface area (TPSA) is 62.2 Å². The van der Waals surface area contributed by atoms with Gasteiger partial charge in [0.05, 0.1) is 0 Å². The lowest BCUT2D eigenvalue weighted by Crippen LogP contribution is -2.61. The van der Waals surface area contributed by atoms with Crippen LogP contribution in [0.25, 0.3) is 0 Å². The van der Waals surface area contributed by atoms with Crippen molar-refractivity contribution in [2.24, 2.45) is 11.3 Å². The van der Waals surface area contributed by atoms with Crippen LogP contribution < -0.4 is 4.74 Å². The van der Waals surface area contributed by atoms with Gasteiger partial charge in [-0.05, 0) is 43.2 Å². The van der Waals surface area contributed by atoms with Gasteiger partial charge in [-0.3, -0.25) is 0 Å². The lowest BCUT2D eigenvalue weighted by atomic mass is 9.40. The first-order valence-corrected chi connectivity index (χ1v) is 10.7. The first-order chi connectivity index (χ1) is 13.6. The van der Waals surface area contributed by atoms with Crippen LogP contribution in [0.15, 0.2) is 24.3 Å². The quantitative estimate of drug-likeness (QED) is 0.582. The molecule has 5 rings (SSSR count). The van der Waals surface area contributed by atoms with Gasteiger partial charge in [0.2, 0.25) is 0 Å². The smallest absolute Gasteiger partial charge is 0.188 e. The average molecular weight is 390 g/mol. The fraction of sp³-hybridized carbons (Fsp3) is 0.652. The Balaban J connectivity index is 0.000000531. The van der Waals surface area contributed by atoms with Crippen LogP contribution in [0.5, 0.6) is 11.5 Å². The summed E-state index contributed by atoms with van der Waals surface area (Å²) >= 11 is 0. The van der Waals surface area contributed by atoms with Crippen LogP contribution in [-0.4, -0.2) is 41.9 Å². The molecule has 156 valence electrons. The van der Waals surface area contributed by atoms with Gasteiger partial charge in [0.1, 0.15) is 0 Å². The van der Waals surface area contributed by atoms with Crippen LogP contribution in [0.3, 0.4) is 0 Å². The van der Waals surface area contributed by atoms with Crippen molar-refractivity contribution in [1.82, 2.24) is 5.06 Å². The van der Waals surface area contributed by atoms with Crippen molar-refractivity contribution < 1.29 is 19.8 Å². The van der Waals surface area contributed by atoms with E-state index in [1.54, 1.807) is 12.2 Å². The lowest BCUT2D eigenvalue weighted by Gasteiger charge is -2.62. The number of allylic oxidation sites excluding steroid dienone is 1. The number of hydrogen-bond donors (Lipinski definition) is 2. The molecule has 1 aromatic carbocycles. The molecule has 1 aliphatic heterocycles. The number of fused-ring (bicyclic) bond motifs is 1. The van der Waals surface area contributed by atoms with Gasteiger partial charge in [0.25, 0.3) is 0 Å². The predicted molar refractivity (Wildman–Crippen MR) is 110 cm³/mol. The fourth-order valence-corrected chi connectivity index (χ4v) is 6.24. The number of nitrogens with zero attached hydrogens (tertiary/aromatic N) is 1. The molecule has 0 radical (unpaired) electrons. The highest BCUT2D eigenvalue weighted by atomic mass is 16.7. The Morgan fingerprint density at radius 2 is 1.96 bits per heavy atom. The number of methoxy groups -OCH3 is 1. The van der Waals surface area contributed by atoms with Crippen molar-refractivity contribution in [2.45, 2.75) is 64.8 Å². The number of phenolic OH excluding ortho intramolecular Hbond substituents is 1. The van der Waals surface area contributed by atoms with E-state index >= 15 is 0 Å². The summed E-state index contributed by atoms with van der Waals surface area (Å²) in [4.78, 5) is 0.